The highest BCUT2D eigenvalue weighted by Gasteiger charge is 2.27. The number of ether oxygens (including phenoxy) is 1. The Morgan fingerprint density at radius 2 is 1.77 bits per heavy atom. The van der Waals surface area contributed by atoms with Crippen LogP contribution < -0.4 is 20.5 Å². The molecule has 3 rings (SSSR count). The van der Waals surface area contributed by atoms with Gasteiger partial charge in [0.15, 0.2) is 0 Å². The van der Waals surface area contributed by atoms with Crippen molar-refractivity contribution in [2.75, 3.05) is 24.6 Å². The quantitative estimate of drug-likeness (QED) is 0.569. The average molecular weight is 414 g/mol. The summed E-state index contributed by atoms with van der Waals surface area (Å²) in [6.07, 6.45) is 6.85. The second-order valence-electron chi connectivity index (χ2n) is 7.41. The normalized spacial score (nSPS) is 12.7. The monoisotopic (exact) mass is 413 g/mol. The Hall–Kier alpha value is -2.90. The van der Waals surface area contributed by atoms with Crippen LogP contribution in [0.3, 0.4) is 0 Å². The summed E-state index contributed by atoms with van der Waals surface area (Å²) in [5.41, 5.74) is 0.367. The van der Waals surface area contributed by atoms with E-state index in [1.54, 1.807) is 0 Å². The summed E-state index contributed by atoms with van der Waals surface area (Å²) in [7, 11) is 0. The summed E-state index contributed by atoms with van der Waals surface area (Å²) in [4.78, 5) is 27.1. The molecule has 1 aliphatic heterocycles. The van der Waals surface area contributed by atoms with Gasteiger partial charge in [0, 0.05) is 25.3 Å². The van der Waals surface area contributed by atoms with E-state index in [-0.39, 0.29) is 5.69 Å². The number of benzene rings is 1. The maximum absolute atomic E-state index is 12.8. The topological polar surface area (TPSA) is 89.3 Å². The standard InChI is InChI=1S/C22H31N5O3/c1-3-5-6-7-8-9-14-23-20(28)19-21(29)27-16-15-26(22(27)25-24-19)17-10-12-18(13-11-17)30-4-2/h10-13H,3-9,14-16H2,1-2H3,(H,23,28). The van der Waals surface area contributed by atoms with Gasteiger partial charge < -0.3 is 15.0 Å². The summed E-state index contributed by atoms with van der Waals surface area (Å²) in [5, 5.41) is 10.9. The maximum atomic E-state index is 12.8. The van der Waals surface area contributed by atoms with E-state index < -0.39 is 11.5 Å². The molecule has 0 fully saturated rings. The van der Waals surface area contributed by atoms with Crippen LogP contribution in [0.15, 0.2) is 29.1 Å². The van der Waals surface area contributed by atoms with Gasteiger partial charge in [-0.1, -0.05) is 39.0 Å². The molecule has 0 saturated carbocycles. The molecule has 1 N–H and O–H groups in total. The van der Waals surface area contributed by atoms with Crippen LogP contribution >= 0.6 is 0 Å². The molecule has 0 radical (unpaired) electrons. The molecule has 0 saturated heterocycles. The molecule has 2 heterocycles. The zero-order valence-corrected chi connectivity index (χ0v) is 17.9. The first kappa shape index (κ1) is 21.8. The number of carbonyl (C=O) groups is 1. The van der Waals surface area contributed by atoms with Crippen molar-refractivity contribution in [3.63, 3.8) is 0 Å². The fourth-order valence-electron chi connectivity index (χ4n) is 3.58. The van der Waals surface area contributed by atoms with Crippen molar-refractivity contribution >= 4 is 17.5 Å². The number of hydrogen-bond acceptors (Lipinski definition) is 6. The molecule has 0 atom stereocenters. The van der Waals surface area contributed by atoms with Gasteiger partial charge in [-0.25, -0.2) is 0 Å². The number of nitrogens with zero attached hydrogens (tertiary/aromatic N) is 4. The van der Waals surface area contributed by atoms with Crippen molar-refractivity contribution < 1.29 is 9.53 Å². The Bertz CT molecular complexity index is 895. The van der Waals surface area contributed by atoms with Crippen LogP contribution in [0.25, 0.3) is 0 Å². The number of amides is 1. The van der Waals surface area contributed by atoms with E-state index in [0.717, 1.165) is 24.3 Å². The first-order valence-electron chi connectivity index (χ1n) is 10.9. The number of aromatic nitrogens is 3. The first-order chi connectivity index (χ1) is 14.7. The van der Waals surface area contributed by atoms with E-state index in [4.69, 9.17) is 4.74 Å². The molecule has 1 aromatic heterocycles. The second kappa shape index (κ2) is 10.8. The molecule has 0 unspecified atom stereocenters. The first-order valence-corrected chi connectivity index (χ1v) is 10.9. The number of rotatable bonds is 11. The fourth-order valence-corrected chi connectivity index (χ4v) is 3.58. The van der Waals surface area contributed by atoms with Crippen molar-refractivity contribution in [1.29, 1.82) is 0 Å². The molecule has 1 amide bonds. The Labute approximate surface area is 177 Å². The van der Waals surface area contributed by atoms with E-state index in [0.29, 0.717) is 32.2 Å². The van der Waals surface area contributed by atoms with Gasteiger partial charge in [0.2, 0.25) is 11.6 Å². The molecule has 0 bridgehead atoms. The highest BCUT2D eigenvalue weighted by atomic mass is 16.5. The minimum Gasteiger partial charge on any atom is -0.494 e. The van der Waals surface area contributed by atoms with Crippen LogP contribution in [0.5, 0.6) is 5.75 Å². The molecule has 8 nitrogen and oxygen atoms in total. The third kappa shape index (κ3) is 5.17. The second-order valence-corrected chi connectivity index (χ2v) is 7.41. The number of hydrogen-bond donors (Lipinski definition) is 1. The number of nitrogens with one attached hydrogen (secondary N) is 1. The summed E-state index contributed by atoms with van der Waals surface area (Å²) < 4.78 is 6.99. The lowest BCUT2D eigenvalue weighted by Crippen LogP contribution is -2.35. The Morgan fingerprint density at radius 3 is 2.50 bits per heavy atom. The van der Waals surface area contributed by atoms with Crippen LogP contribution in [0.1, 0.15) is 62.9 Å². The third-order valence-corrected chi connectivity index (χ3v) is 5.21. The molecule has 0 spiro atoms. The van der Waals surface area contributed by atoms with Crippen molar-refractivity contribution in [2.24, 2.45) is 0 Å². The van der Waals surface area contributed by atoms with E-state index in [9.17, 15) is 9.59 Å². The zero-order chi connectivity index (χ0) is 21.3. The van der Waals surface area contributed by atoms with Crippen LogP contribution in [-0.2, 0) is 6.54 Å². The van der Waals surface area contributed by atoms with Crippen molar-refractivity contribution in [3.05, 3.63) is 40.3 Å². The predicted molar refractivity (Wildman–Crippen MR) is 117 cm³/mol. The van der Waals surface area contributed by atoms with Gasteiger partial charge in [0.05, 0.1) is 6.61 Å². The lowest BCUT2D eigenvalue weighted by molar-refractivity contribution is 0.0944. The number of unbranched alkanes of at least 4 members (excludes halogenated alkanes) is 5. The average Bonchev–Trinajstić information content (AvgIpc) is 3.19. The van der Waals surface area contributed by atoms with E-state index in [1.165, 1.54) is 30.3 Å². The smallest absolute Gasteiger partial charge is 0.286 e. The van der Waals surface area contributed by atoms with Gasteiger partial charge in [-0.05, 0) is 37.6 Å². The van der Waals surface area contributed by atoms with E-state index >= 15 is 0 Å². The molecule has 2 aromatic rings. The van der Waals surface area contributed by atoms with Crippen LogP contribution in [0.2, 0.25) is 0 Å². The number of carbonyl (C=O) groups excluding carboxylic acids is 1. The van der Waals surface area contributed by atoms with Crippen LogP contribution in [0, 0.1) is 0 Å². The summed E-state index contributed by atoms with van der Waals surface area (Å²) in [5.74, 6) is 0.800. The minimum atomic E-state index is -0.448. The lowest BCUT2D eigenvalue weighted by atomic mass is 10.1. The third-order valence-electron chi connectivity index (χ3n) is 5.21. The summed E-state index contributed by atoms with van der Waals surface area (Å²) in [6.45, 7) is 6.35. The lowest BCUT2D eigenvalue weighted by Gasteiger charge is -2.17. The van der Waals surface area contributed by atoms with Gasteiger partial charge in [-0.15, -0.1) is 10.2 Å². The van der Waals surface area contributed by atoms with Crippen molar-refractivity contribution in [3.8, 4) is 5.75 Å². The SMILES string of the molecule is CCCCCCCCNC(=O)c1nnc2n(c1=O)CCN2c1ccc(OCC)cc1. The van der Waals surface area contributed by atoms with Crippen molar-refractivity contribution in [2.45, 2.75) is 58.9 Å². The molecule has 0 aliphatic carbocycles. The van der Waals surface area contributed by atoms with E-state index in [2.05, 4.69) is 22.4 Å². The highest BCUT2D eigenvalue weighted by Crippen LogP contribution is 2.28. The van der Waals surface area contributed by atoms with Crippen LogP contribution in [0.4, 0.5) is 11.6 Å². The molecule has 30 heavy (non-hydrogen) atoms. The van der Waals surface area contributed by atoms with Gasteiger partial charge in [0.25, 0.3) is 11.5 Å². The zero-order valence-electron chi connectivity index (χ0n) is 17.9. The molecule has 162 valence electrons. The summed E-state index contributed by atoms with van der Waals surface area (Å²) in [6, 6.07) is 7.62. The Kier molecular flexibility index (Phi) is 7.82. The molecule has 1 aromatic carbocycles. The highest BCUT2D eigenvalue weighted by molar-refractivity contribution is 5.91. The molecule has 1 aliphatic rings. The Morgan fingerprint density at radius 1 is 1.03 bits per heavy atom. The van der Waals surface area contributed by atoms with E-state index in [1.807, 2.05) is 36.1 Å². The molecule has 8 heteroatoms. The largest absolute Gasteiger partial charge is 0.494 e. The number of fused-ring (bicyclic) bond motifs is 1. The van der Waals surface area contributed by atoms with Crippen LogP contribution in [-0.4, -0.2) is 40.4 Å². The van der Waals surface area contributed by atoms with Gasteiger partial charge in [-0.3, -0.25) is 14.2 Å². The maximum Gasteiger partial charge on any atom is 0.286 e. The van der Waals surface area contributed by atoms with Gasteiger partial charge in [0.1, 0.15) is 5.75 Å². The number of anilines is 2. The van der Waals surface area contributed by atoms with Gasteiger partial charge in [-0.2, -0.15) is 0 Å². The molecular formula is C22H31N5O3. The Balaban J connectivity index is 1.61. The van der Waals surface area contributed by atoms with Crippen molar-refractivity contribution in [1.82, 2.24) is 20.1 Å². The molecular weight excluding hydrogens is 382 g/mol. The fraction of sp³-hybridized carbons (Fsp3) is 0.545. The summed E-state index contributed by atoms with van der Waals surface area (Å²) >= 11 is 0. The van der Waals surface area contributed by atoms with Gasteiger partial charge >= 0.3 is 0 Å². The predicted octanol–water partition coefficient (Wildman–Crippen LogP) is 3.28. The minimum absolute atomic E-state index is 0.140.